The lowest BCUT2D eigenvalue weighted by molar-refractivity contribution is -0.704. The zero-order valence-electron chi connectivity index (χ0n) is 15.2. The number of rotatable bonds is 6. The van der Waals surface area contributed by atoms with Crippen LogP contribution in [-0.4, -0.2) is 29.1 Å². The molecule has 0 aliphatic heterocycles. The molecule has 1 N–H and O–H groups in total. The van der Waals surface area contributed by atoms with Crippen LogP contribution in [-0.2, 0) is 4.74 Å². The molecule has 0 aliphatic rings. The fourth-order valence-corrected chi connectivity index (χ4v) is 2.79. The van der Waals surface area contributed by atoms with Crippen molar-refractivity contribution in [3.8, 4) is 0 Å². The van der Waals surface area contributed by atoms with Gasteiger partial charge in [0.15, 0.2) is 18.2 Å². The maximum atomic E-state index is 12.9. The summed E-state index contributed by atoms with van der Waals surface area (Å²) in [7, 11) is 0. The Bertz CT molecular complexity index is 836. The van der Waals surface area contributed by atoms with Crippen molar-refractivity contribution in [2.45, 2.75) is 40.7 Å². The average Bonchev–Trinajstić information content (AvgIpc) is 2.88. The third-order valence-electron chi connectivity index (χ3n) is 4.22. The van der Waals surface area contributed by atoms with Crippen molar-refractivity contribution in [3.05, 3.63) is 52.6 Å². The van der Waals surface area contributed by atoms with Crippen molar-refractivity contribution in [2.24, 2.45) is 0 Å². The van der Waals surface area contributed by atoms with E-state index in [0.29, 0.717) is 28.1 Å². The van der Waals surface area contributed by atoms with E-state index in [-0.39, 0.29) is 18.2 Å². The van der Waals surface area contributed by atoms with Gasteiger partial charge in [-0.25, -0.2) is 4.79 Å². The minimum Gasteiger partial charge on any atom is -0.462 e. The number of carbonyl (C=O) groups is 3. The zero-order chi connectivity index (χ0) is 18.7. The van der Waals surface area contributed by atoms with Crippen molar-refractivity contribution in [1.82, 2.24) is 4.98 Å². The average molecular weight is 343 g/mol. The number of nitrogens with one attached hydrogen (secondary N) is 1. The Kier molecular flexibility index (Phi) is 5.51. The van der Waals surface area contributed by atoms with Crippen LogP contribution >= 0.6 is 0 Å². The molecule has 0 saturated heterocycles. The van der Waals surface area contributed by atoms with Gasteiger partial charge in [-0.15, -0.1) is 0 Å². The highest BCUT2D eigenvalue weighted by molar-refractivity contribution is 6.02. The van der Waals surface area contributed by atoms with E-state index in [1.54, 1.807) is 56.8 Å². The van der Waals surface area contributed by atoms with Crippen LogP contribution in [0.2, 0.25) is 0 Å². The Morgan fingerprint density at radius 2 is 1.96 bits per heavy atom. The molecule has 2 aromatic heterocycles. The molecule has 0 unspecified atom stereocenters. The molecule has 0 bridgehead atoms. The smallest absolute Gasteiger partial charge is 0.340 e. The Morgan fingerprint density at radius 3 is 2.56 bits per heavy atom. The molecular formula is C19H23N2O4+. The predicted molar refractivity (Wildman–Crippen MR) is 91.9 cm³/mol. The quantitative estimate of drug-likeness (QED) is 0.497. The molecule has 1 atom stereocenters. The summed E-state index contributed by atoms with van der Waals surface area (Å²) in [6.07, 6.45) is 3.40. The number of aromatic nitrogens is 2. The van der Waals surface area contributed by atoms with Gasteiger partial charge < -0.3 is 9.72 Å². The molecule has 0 amide bonds. The molecule has 2 rings (SSSR count). The second-order valence-electron chi connectivity index (χ2n) is 5.98. The third-order valence-corrected chi connectivity index (χ3v) is 4.22. The third kappa shape index (κ3) is 3.68. The van der Waals surface area contributed by atoms with Gasteiger partial charge in [0.2, 0.25) is 11.8 Å². The summed E-state index contributed by atoms with van der Waals surface area (Å²) in [6, 6.07) is 2.92. The van der Waals surface area contributed by atoms with Gasteiger partial charge in [0.1, 0.15) is 0 Å². The van der Waals surface area contributed by atoms with Crippen molar-refractivity contribution in [2.75, 3.05) is 6.61 Å². The standard InChI is InChI=1S/C19H22N2O4/c1-6-25-19(24)16-11(2)17(20-12(16)3)18(23)13(4)21-9-7-8-15(10-21)14(5)22/h7-10,13H,6H2,1-5H3/p+1/t13-/m1/s1. The summed E-state index contributed by atoms with van der Waals surface area (Å²) in [5, 5.41) is 0. The molecule has 6 heteroatoms. The first kappa shape index (κ1) is 18.6. The Hall–Kier alpha value is -2.76. The molecule has 6 nitrogen and oxygen atoms in total. The predicted octanol–water partition coefficient (Wildman–Crippen LogP) is 2.74. The van der Waals surface area contributed by atoms with Gasteiger partial charge in [-0.1, -0.05) is 0 Å². The van der Waals surface area contributed by atoms with Gasteiger partial charge in [-0.05, 0) is 39.3 Å². The second kappa shape index (κ2) is 7.42. The highest BCUT2D eigenvalue weighted by atomic mass is 16.5. The van der Waals surface area contributed by atoms with E-state index < -0.39 is 12.0 Å². The molecule has 0 aromatic carbocycles. The minimum atomic E-state index is -0.522. The van der Waals surface area contributed by atoms with E-state index in [2.05, 4.69) is 4.98 Å². The first-order valence-corrected chi connectivity index (χ1v) is 8.20. The lowest BCUT2D eigenvalue weighted by atomic mass is 10.0. The van der Waals surface area contributed by atoms with Crippen LogP contribution in [0.4, 0.5) is 0 Å². The van der Waals surface area contributed by atoms with Crippen LogP contribution in [0.3, 0.4) is 0 Å². The first-order chi connectivity index (χ1) is 11.8. The van der Waals surface area contributed by atoms with E-state index in [9.17, 15) is 14.4 Å². The van der Waals surface area contributed by atoms with Crippen molar-refractivity contribution in [1.29, 1.82) is 0 Å². The Balaban J connectivity index is 2.38. The Morgan fingerprint density at radius 1 is 1.28 bits per heavy atom. The van der Waals surface area contributed by atoms with Crippen molar-refractivity contribution >= 4 is 17.5 Å². The largest absolute Gasteiger partial charge is 0.462 e. The van der Waals surface area contributed by atoms with Crippen LogP contribution in [0, 0.1) is 13.8 Å². The molecule has 0 fully saturated rings. The van der Waals surface area contributed by atoms with Crippen LogP contribution < -0.4 is 4.57 Å². The highest BCUT2D eigenvalue weighted by Crippen LogP contribution is 2.21. The van der Waals surface area contributed by atoms with E-state index in [4.69, 9.17) is 4.74 Å². The van der Waals surface area contributed by atoms with Crippen LogP contribution in [0.25, 0.3) is 0 Å². The lowest BCUT2D eigenvalue weighted by Crippen LogP contribution is -2.42. The van der Waals surface area contributed by atoms with E-state index in [1.807, 2.05) is 0 Å². The maximum Gasteiger partial charge on any atom is 0.340 e. The Labute approximate surface area is 146 Å². The van der Waals surface area contributed by atoms with E-state index in [0.717, 1.165) is 0 Å². The van der Waals surface area contributed by atoms with Gasteiger partial charge in [0.25, 0.3) is 0 Å². The summed E-state index contributed by atoms with van der Waals surface area (Å²) in [5.74, 6) is -0.668. The minimum absolute atomic E-state index is 0.0644. The van der Waals surface area contributed by atoms with Crippen molar-refractivity contribution in [3.63, 3.8) is 0 Å². The van der Waals surface area contributed by atoms with Crippen LogP contribution in [0.5, 0.6) is 0 Å². The van der Waals surface area contributed by atoms with Gasteiger partial charge >= 0.3 is 5.97 Å². The molecule has 0 saturated carbocycles. The molecule has 25 heavy (non-hydrogen) atoms. The number of Topliss-reactive ketones (excluding diaryl/α,β-unsaturated/α-hetero) is 2. The number of pyridine rings is 1. The SMILES string of the molecule is CCOC(=O)c1c(C)[nH]c(C(=O)[C@@H](C)[n+]2cccc(C(C)=O)c2)c1C. The van der Waals surface area contributed by atoms with E-state index >= 15 is 0 Å². The molecule has 0 radical (unpaired) electrons. The number of carbonyl (C=O) groups excluding carboxylic acids is 3. The summed E-state index contributed by atoms with van der Waals surface area (Å²) in [5.41, 5.74) is 2.51. The number of hydrogen-bond donors (Lipinski definition) is 1. The number of hydrogen-bond acceptors (Lipinski definition) is 4. The molecular weight excluding hydrogens is 320 g/mol. The fourth-order valence-electron chi connectivity index (χ4n) is 2.79. The van der Waals surface area contributed by atoms with E-state index in [1.165, 1.54) is 6.92 Å². The summed E-state index contributed by atoms with van der Waals surface area (Å²) < 4.78 is 6.75. The first-order valence-electron chi connectivity index (χ1n) is 8.20. The topological polar surface area (TPSA) is 80.1 Å². The molecule has 2 heterocycles. The maximum absolute atomic E-state index is 12.9. The second-order valence-corrected chi connectivity index (χ2v) is 5.98. The van der Waals surface area contributed by atoms with Gasteiger partial charge in [0, 0.05) is 18.7 Å². The monoisotopic (exact) mass is 343 g/mol. The van der Waals surface area contributed by atoms with Crippen LogP contribution in [0.1, 0.15) is 69.3 Å². The van der Waals surface area contributed by atoms with Gasteiger partial charge in [0.05, 0.1) is 23.4 Å². The molecule has 0 aliphatic carbocycles. The lowest BCUT2D eigenvalue weighted by Gasteiger charge is -2.07. The van der Waals surface area contributed by atoms with Crippen LogP contribution in [0.15, 0.2) is 24.5 Å². The normalized spacial score (nSPS) is 11.9. The van der Waals surface area contributed by atoms with Crippen molar-refractivity contribution < 1.29 is 23.7 Å². The summed E-state index contributed by atoms with van der Waals surface area (Å²) in [4.78, 5) is 39.5. The fraction of sp³-hybridized carbons (Fsp3) is 0.368. The highest BCUT2D eigenvalue weighted by Gasteiger charge is 2.30. The molecule has 132 valence electrons. The van der Waals surface area contributed by atoms with Gasteiger partial charge in [-0.2, -0.15) is 4.57 Å². The summed E-state index contributed by atoms with van der Waals surface area (Å²) >= 11 is 0. The number of H-pyrrole nitrogens is 1. The number of ether oxygens (including phenoxy) is 1. The number of aryl methyl sites for hydroxylation is 1. The zero-order valence-corrected chi connectivity index (χ0v) is 15.2. The number of nitrogens with zero attached hydrogens (tertiary/aromatic N) is 1. The summed E-state index contributed by atoms with van der Waals surface area (Å²) in [6.45, 7) is 8.72. The molecule has 0 spiro atoms. The number of ketones is 2. The number of esters is 1. The molecule has 2 aromatic rings. The van der Waals surface area contributed by atoms with Gasteiger partial charge in [-0.3, -0.25) is 9.59 Å². The number of aromatic amines is 1.